The van der Waals surface area contributed by atoms with Crippen LogP contribution in [0.2, 0.25) is 0 Å². The van der Waals surface area contributed by atoms with Crippen molar-refractivity contribution in [2.45, 2.75) is 30.8 Å². The van der Waals surface area contributed by atoms with Gasteiger partial charge in [0.1, 0.15) is 0 Å². The van der Waals surface area contributed by atoms with Gasteiger partial charge < -0.3 is 4.90 Å². The first kappa shape index (κ1) is 14.9. The fraction of sp³-hybridized carbons (Fsp3) is 0.450. The van der Waals surface area contributed by atoms with Gasteiger partial charge in [-0.3, -0.25) is 9.88 Å². The molecule has 0 saturated carbocycles. The van der Waals surface area contributed by atoms with Crippen LogP contribution in [0.5, 0.6) is 0 Å². The summed E-state index contributed by atoms with van der Waals surface area (Å²) in [5, 5.41) is 0. The zero-order valence-corrected chi connectivity index (χ0v) is 13.9. The first-order valence-corrected chi connectivity index (χ1v) is 8.65. The summed E-state index contributed by atoms with van der Waals surface area (Å²) >= 11 is 0. The molecule has 0 bridgehead atoms. The third-order valence-electron chi connectivity index (χ3n) is 5.89. The lowest BCUT2D eigenvalue weighted by atomic mass is 9.69. The SMILES string of the molecule is CN1CC[C@@]2(c3ccccc3)CCN(Cc3ccncc3)C[C@H]12. The van der Waals surface area contributed by atoms with E-state index in [1.54, 1.807) is 0 Å². The number of fused-ring (bicyclic) bond motifs is 1. The van der Waals surface area contributed by atoms with Crippen LogP contribution in [-0.4, -0.2) is 47.5 Å². The van der Waals surface area contributed by atoms with Crippen LogP contribution in [0.25, 0.3) is 0 Å². The Kier molecular flexibility index (Phi) is 3.92. The predicted molar refractivity (Wildman–Crippen MR) is 93.3 cm³/mol. The largest absolute Gasteiger partial charge is 0.301 e. The van der Waals surface area contributed by atoms with Crippen LogP contribution in [0.1, 0.15) is 24.0 Å². The summed E-state index contributed by atoms with van der Waals surface area (Å²) in [5.74, 6) is 0. The molecule has 120 valence electrons. The molecule has 2 aliphatic heterocycles. The molecule has 2 fully saturated rings. The second kappa shape index (κ2) is 6.06. The average Bonchev–Trinajstić information content (AvgIpc) is 2.95. The van der Waals surface area contributed by atoms with Gasteiger partial charge in [-0.05, 0) is 56.2 Å². The number of rotatable bonds is 3. The lowest BCUT2D eigenvalue weighted by Crippen LogP contribution is -2.54. The van der Waals surface area contributed by atoms with Gasteiger partial charge in [0.2, 0.25) is 0 Å². The second-order valence-electron chi connectivity index (χ2n) is 7.11. The van der Waals surface area contributed by atoms with Crippen LogP contribution < -0.4 is 0 Å². The van der Waals surface area contributed by atoms with Gasteiger partial charge in [0.15, 0.2) is 0 Å². The van der Waals surface area contributed by atoms with Crippen molar-refractivity contribution in [3.63, 3.8) is 0 Å². The molecule has 3 heteroatoms. The van der Waals surface area contributed by atoms with Gasteiger partial charge in [0.25, 0.3) is 0 Å². The van der Waals surface area contributed by atoms with Crippen LogP contribution in [0.3, 0.4) is 0 Å². The van der Waals surface area contributed by atoms with E-state index >= 15 is 0 Å². The van der Waals surface area contributed by atoms with Gasteiger partial charge >= 0.3 is 0 Å². The Labute approximate surface area is 139 Å². The highest BCUT2D eigenvalue weighted by atomic mass is 15.3. The van der Waals surface area contributed by atoms with E-state index < -0.39 is 0 Å². The van der Waals surface area contributed by atoms with Gasteiger partial charge in [-0.15, -0.1) is 0 Å². The standard InChI is InChI=1S/C20H25N3/c1-22-13-9-20(18-5-3-2-4-6-18)10-14-23(16-19(20)22)15-17-7-11-21-12-8-17/h2-8,11-12,19H,9-10,13-16H2,1H3/t19-,20-/m0/s1. The van der Waals surface area contributed by atoms with E-state index in [2.05, 4.69) is 64.3 Å². The Morgan fingerprint density at radius 3 is 2.57 bits per heavy atom. The molecular formula is C20H25N3. The topological polar surface area (TPSA) is 19.4 Å². The number of piperidine rings is 1. The van der Waals surface area contributed by atoms with E-state index in [1.165, 1.54) is 37.1 Å². The van der Waals surface area contributed by atoms with Gasteiger partial charge in [-0.25, -0.2) is 0 Å². The number of pyridine rings is 1. The molecule has 3 heterocycles. The highest BCUT2D eigenvalue weighted by Gasteiger charge is 2.49. The van der Waals surface area contributed by atoms with Crippen LogP contribution in [0.15, 0.2) is 54.9 Å². The smallest absolute Gasteiger partial charge is 0.0318 e. The Balaban J connectivity index is 1.56. The molecular weight excluding hydrogens is 282 g/mol. The fourth-order valence-corrected chi connectivity index (χ4v) is 4.56. The van der Waals surface area contributed by atoms with E-state index in [0.29, 0.717) is 11.5 Å². The molecule has 4 rings (SSSR count). The van der Waals surface area contributed by atoms with Crippen molar-refractivity contribution in [2.75, 3.05) is 26.7 Å². The molecule has 0 N–H and O–H groups in total. The first-order chi connectivity index (χ1) is 11.3. The van der Waals surface area contributed by atoms with Gasteiger partial charge in [-0.1, -0.05) is 30.3 Å². The molecule has 23 heavy (non-hydrogen) atoms. The summed E-state index contributed by atoms with van der Waals surface area (Å²) < 4.78 is 0. The lowest BCUT2D eigenvalue weighted by Gasteiger charge is -2.46. The highest BCUT2D eigenvalue weighted by molar-refractivity contribution is 5.31. The Morgan fingerprint density at radius 2 is 1.78 bits per heavy atom. The fourth-order valence-electron chi connectivity index (χ4n) is 4.56. The lowest BCUT2D eigenvalue weighted by molar-refractivity contribution is 0.0917. The zero-order valence-electron chi connectivity index (χ0n) is 13.9. The van der Waals surface area contributed by atoms with Crippen molar-refractivity contribution in [3.8, 4) is 0 Å². The molecule has 1 aromatic heterocycles. The second-order valence-corrected chi connectivity index (χ2v) is 7.11. The number of hydrogen-bond donors (Lipinski definition) is 0. The maximum absolute atomic E-state index is 4.13. The van der Waals surface area contributed by atoms with E-state index in [4.69, 9.17) is 0 Å². The normalized spacial score (nSPS) is 28.7. The number of hydrogen-bond acceptors (Lipinski definition) is 3. The predicted octanol–water partition coefficient (Wildman–Crippen LogP) is 2.93. The van der Waals surface area contributed by atoms with Gasteiger partial charge in [0.05, 0.1) is 0 Å². The monoisotopic (exact) mass is 307 g/mol. The van der Waals surface area contributed by atoms with Crippen LogP contribution >= 0.6 is 0 Å². The summed E-state index contributed by atoms with van der Waals surface area (Å²) in [4.78, 5) is 9.32. The Bertz CT molecular complexity index is 642. The van der Waals surface area contributed by atoms with Gasteiger partial charge in [-0.2, -0.15) is 0 Å². The minimum Gasteiger partial charge on any atom is -0.301 e. The minimum atomic E-state index is 0.352. The number of likely N-dealkylation sites (N-methyl/N-ethyl adjacent to an activating group) is 1. The molecule has 0 aliphatic carbocycles. The molecule has 3 nitrogen and oxygen atoms in total. The first-order valence-electron chi connectivity index (χ1n) is 8.65. The number of aromatic nitrogens is 1. The van der Waals surface area contributed by atoms with Gasteiger partial charge in [0, 0.05) is 36.9 Å². The minimum absolute atomic E-state index is 0.352. The Morgan fingerprint density at radius 1 is 1.04 bits per heavy atom. The summed E-state index contributed by atoms with van der Waals surface area (Å²) in [6, 6.07) is 16.1. The maximum Gasteiger partial charge on any atom is 0.0318 e. The Hall–Kier alpha value is -1.71. The van der Waals surface area contributed by atoms with Crippen LogP contribution in [-0.2, 0) is 12.0 Å². The van der Waals surface area contributed by atoms with E-state index in [-0.39, 0.29) is 0 Å². The molecule has 2 saturated heterocycles. The summed E-state index contributed by atoms with van der Waals surface area (Å²) in [6.45, 7) is 4.59. The summed E-state index contributed by atoms with van der Waals surface area (Å²) in [5.41, 5.74) is 3.26. The van der Waals surface area contributed by atoms with Crippen LogP contribution in [0.4, 0.5) is 0 Å². The van der Waals surface area contributed by atoms with Crippen molar-refractivity contribution in [1.29, 1.82) is 0 Å². The average molecular weight is 307 g/mol. The molecule has 0 unspecified atom stereocenters. The van der Waals surface area contributed by atoms with Crippen molar-refractivity contribution >= 4 is 0 Å². The molecule has 0 amide bonds. The van der Waals surface area contributed by atoms with E-state index in [1.807, 2.05) is 12.4 Å². The highest BCUT2D eigenvalue weighted by Crippen LogP contribution is 2.45. The van der Waals surface area contributed by atoms with Crippen molar-refractivity contribution < 1.29 is 0 Å². The number of nitrogens with zero attached hydrogens (tertiary/aromatic N) is 3. The van der Waals surface area contributed by atoms with E-state index in [0.717, 1.165) is 13.1 Å². The quantitative estimate of drug-likeness (QED) is 0.869. The van der Waals surface area contributed by atoms with Crippen molar-refractivity contribution in [2.24, 2.45) is 0 Å². The third-order valence-corrected chi connectivity index (χ3v) is 5.89. The van der Waals surface area contributed by atoms with Crippen LogP contribution in [0, 0.1) is 0 Å². The molecule has 1 aromatic carbocycles. The van der Waals surface area contributed by atoms with Crippen molar-refractivity contribution in [1.82, 2.24) is 14.8 Å². The molecule has 2 aromatic rings. The number of benzene rings is 1. The summed E-state index contributed by atoms with van der Waals surface area (Å²) in [7, 11) is 2.30. The molecule has 0 spiro atoms. The summed E-state index contributed by atoms with van der Waals surface area (Å²) in [6.07, 6.45) is 6.35. The molecule has 2 aliphatic rings. The van der Waals surface area contributed by atoms with E-state index in [9.17, 15) is 0 Å². The number of likely N-dealkylation sites (tertiary alicyclic amines) is 2. The van der Waals surface area contributed by atoms with Crippen molar-refractivity contribution in [3.05, 3.63) is 66.0 Å². The maximum atomic E-state index is 4.13. The third kappa shape index (κ3) is 2.68. The molecule has 0 radical (unpaired) electrons. The zero-order chi connectivity index (χ0) is 15.7. The molecule has 2 atom stereocenters.